The van der Waals surface area contributed by atoms with Gasteiger partial charge >= 0.3 is 0 Å². The Morgan fingerprint density at radius 2 is 2.00 bits per heavy atom. The zero-order valence-corrected chi connectivity index (χ0v) is 12.2. The van der Waals surface area contributed by atoms with Gasteiger partial charge in [0.2, 0.25) is 5.88 Å². The van der Waals surface area contributed by atoms with Gasteiger partial charge in [-0.1, -0.05) is 0 Å². The monoisotopic (exact) mass is 283 g/mol. The van der Waals surface area contributed by atoms with Crippen molar-refractivity contribution in [2.45, 2.75) is 0 Å². The normalized spacial score (nSPS) is 10.8. The Balaban J connectivity index is 2.12. The molecule has 0 spiro atoms. The van der Waals surface area contributed by atoms with Gasteiger partial charge in [-0.2, -0.15) is 0 Å². The molecule has 0 aliphatic carbocycles. The van der Waals surface area contributed by atoms with Crippen LogP contribution in [0.15, 0.2) is 36.7 Å². The first-order valence-electron chi connectivity index (χ1n) is 6.55. The fourth-order valence-electron chi connectivity index (χ4n) is 2.17. The lowest BCUT2D eigenvalue weighted by atomic mass is 10.2. The molecule has 0 fully saturated rings. The minimum absolute atomic E-state index is 0.566. The topological polar surface area (TPSA) is 68.7 Å². The molecule has 0 aromatic carbocycles. The van der Waals surface area contributed by atoms with Crippen LogP contribution in [0, 0.1) is 0 Å². The Morgan fingerprint density at radius 1 is 1.19 bits per heavy atom. The molecule has 3 heterocycles. The summed E-state index contributed by atoms with van der Waals surface area (Å²) in [4.78, 5) is 10.8. The number of nitrogens with two attached hydrogens (primary N) is 1. The number of hydrogen-bond donors (Lipinski definition) is 1. The largest absolute Gasteiger partial charge is 0.481 e. The van der Waals surface area contributed by atoms with E-state index in [-0.39, 0.29) is 0 Å². The van der Waals surface area contributed by atoms with Gasteiger partial charge in [-0.15, -0.1) is 0 Å². The summed E-state index contributed by atoms with van der Waals surface area (Å²) < 4.78 is 6.95. The minimum atomic E-state index is 0.566. The van der Waals surface area contributed by atoms with Crippen LogP contribution in [0.5, 0.6) is 5.88 Å². The number of hydrogen-bond acceptors (Lipinski definition) is 5. The Hall–Kier alpha value is -2.76. The Morgan fingerprint density at radius 3 is 2.62 bits per heavy atom. The molecular weight excluding hydrogens is 266 g/mol. The van der Waals surface area contributed by atoms with Crippen molar-refractivity contribution in [3.05, 3.63) is 36.7 Å². The molecule has 0 amide bonds. The summed E-state index contributed by atoms with van der Waals surface area (Å²) in [6.07, 6.45) is 3.68. The molecule has 0 radical (unpaired) electrons. The van der Waals surface area contributed by atoms with Crippen LogP contribution in [0.3, 0.4) is 0 Å². The molecule has 2 N–H and O–H groups in total. The first-order chi connectivity index (χ1) is 10.1. The molecule has 0 saturated carbocycles. The molecule has 6 heteroatoms. The molecule has 3 aromatic heterocycles. The second-order valence-electron chi connectivity index (χ2n) is 4.94. The van der Waals surface area contributed by atoms with E-state index in [0.717, 1.165) is 22.6 Å². The number of pyridine rings is 2. The fraction of sp³-hybridized carbons (Fsp3) is 0.200. The number of nitrogens with zero attached hydrogens (tertiary/aromatic N) is 4. The Bertz CT molecular complexity index is 777. The lowest BCUT2D eigenvalue weighted by molar-refractivity contribution is 0.398. The van der Waals surface area contributed by atoms with Crippen molar-refractivity contribution in [1.29, 1.82) is 0 Å². The van der Waals surface area contributed by atoms with Crippen molar-refractivity contribution in [2.24, 2.45) is 0 Å². The highest BCUT2D eigenvalue weighted by Crippen LogP contribution is 2.28. The summed E-state index contributed by atoms with van der Waals surface area (Å²) in [5, 5.41) is 0. The van der Waals surface area contributed by atoms with Gasteiger partial charge in [0.15, 0.2) is 0 Å². The Labute approximate surface area is 122 Å². The van der Waals surface area contributed by atoms with Crippen LogP contribution in [0.25, 0.3) is 16.9 Å². The van der Waals surface area contributed by atoms with Crippen molar-refractivity contribution in [3.8, 4) is 17.1 Å². The van der Waals surface area contributed by atoms with E-state index >= 15 is 0 Å². The van der Waals surface area contributed by atoms with E-state index in [4.69, 9.17) is 10.5 Å². The molecule has 0 saturated heterocycles. The zero-order valence-electron chi connectivity index (χ0n) is 12.2. The molecule has 3 rings (SSSR count). The molecule has 108 valence electrons. The summed E-state index contributed by atoms with van der Waals surface area (Å²) in [6.45, 7) is 0. The lowest BCUT2D eigenvalue weighted by Gasteiger charge is -2.12. The maximum atomic E-state index is 6.23. The molecule has 21 heavy (non-hydrogen) atoms. The molecule has 0 unspecified atom stereocenters. The lowest BCUT2D eigenvalue weighted by Crippen LogP contribution is -2.09. The summed E-state index contributed by atoms with van der Waals surface area (Å²) >= 11 is 0. The highest BCUT2D eigenvalue weighted by molar-refractivity contribution is 5.75. The van der Waals surface area contributed by atoms with Gasteiger partial charge in [-0.25, -0.2) is 9.97 Å². The van der Waals surface area contributed by atoms with Gasteiger partial charge in [-0.3, -0.25) is 4.40 Å². The van der Waals surface area contributed by atoms with Crippen molar-refractivity contribution >= 4 is 17.2 Å². The van der Waals surface area contributed by atoms with Gasteiger partial charge in [0, 0.05) is 38.1 Å². The SMILES string of the molecule is COc1ccc(-c2nc3ccc(N(C)C)cn3c2N)cn1. The first kappa shape index (κ1) is 13.2. The van der Waals surface area contributed by atoms with Crippen LogP contribution in [0.1, 0.15) is 0 Å². The third-order valence-corrected chi connectivity index (χ3v) is 3.38. The molecule has 0 aliphatic heterocycles. The summed E-state index contributed by atoms with van der Waals surface area (Å²) in [5.41, 5.74) is 9.69. The summed E-state index contributed by atoms with van der Waals surface area (Å²) in [7, 11) is 5.56. The third-order valence-electron chi connectivity index (χ3n) is 3.38. The number of fused-ring (bicyclic) bond motifs is 1. The van der Waals surface area contributed by atoms with Crippen LogP contribution < -0.4 is 15.4 Å². The van der Waals surface area contributed by atoms with Gasteiger partial charge in [0.1, 0.15) is 17.2 Å². The number of imidazole rings is 1. The summed E-state index contributed by atoms with van der Waals surface area (Å²) in [5.74, 6) is 1.16. The van der Waals surface area contributed by atoms with Gasteiger partial charge in [-0.05, 0) is 18.2 Å². The van der Waals surface area contributed by atoms with Gasteiger partial charge < -0.3 is 15.4 Å². The summed E-state index contributed by atoms with van der Waals surface area (Å²) in [6, 6.07) is 7.66. The fourth-order valence-corrected chi connectivity index (χ4v) is 2.17. The number of anilines is 2. The molecule has 3 aromatic rings. The number of nitrogen functional groups attached to an aromatic ring is 1. The Kier molecular flexibility index (Phi) is 3.13. The number of methoxy groups -OCH3 is 1. The maximum Gasteiger partial charge on any atom is 0.212 e. The molecule has 0 aliphatic rings. The predicted octanol–water partition coefficient (Wildman–Crippen LogP) is 2.05. The van der Waals surface area contributed by atoms with Crippen molar-refractivity contribution in [2.75, 3.05) is 31.8 Å². The molecular formula is C15H17N5O. The van der Waals surface area contributed by atoms with E-state index in [1.165, 1.54) is 0 Å². The highest BCUT2D eigenvalue weighted by Gasteiger charge is 2.12. The van der Waals surface area contributed by atoms with E-state index in [2.05, 4.69) is 9.97 Å². The van der Waals surface area contributed by atoms with Crippen molar-refractivity contribution < 1.29 is 4.74 Å². The maximum absolute atomic E-state index is 6.23. The third kappa shape index (κ3) is 2.24. The second kappa shape index (κ2) is 4.97. The van der Waals surface area contributed by atoms with E-state index in [9.17, 15) is 0 Å². The standard InChI is InChI=1S/C15H17N5O/c1-19(2)11-5-6-12-18-14(15(16)20(12)9-11)10-4-7-13(21-3)17-8-10/h4-9H,16H2,1-3H3. The van der Waals surface area contributed by atoms with Gasteiger partial charge in [0.05, 0.1) is 12.8 Å². The predicted molar refractivity (Wildman–Crippen MR) is 83.7 cm³/mol. The van der Waals surface area contributed by atoms with E-state index < -0.39 is 0 Å². The zero-order chi connectivity index (χ0) is 15.0. The van der Waals surface area contributed by atoms with E-state index in [1.54, 1.807) is 19.4 Å². The van der Waals surface area contributed by atoms with Crippen LogP contribution in [-0.2, 0) is 0 Å². The second-order valence-corrected chi connectivity index (χ2v) is 4.94. The smallest absolute Gasteiger partial charge is 0.212 e. The van der Waals surface area contributed by atoms with Crippen LogP contribution in [-0.4, -0.2) is 35.6 Å². The molecule has 0 bridgehead atoms. The average molecular weight is 283 g/mol. The van der Waals surface area contributed by atoms with Crippen LogP contribution in [0.4, 0.5) is 11.5 Å². The number of rotatable bonds is 3. The molecule has 0 atom stereocenters. The number of aromatic nitrogens is 3. The molecule has 6 nitrogen and oxygen atoms in total. The van der Waals surface area contributed by atoms with Crippen LogP contribution in [0.2, 0.25) is 0 Å². The van der Waals surface area contributed by atoms with Gasteiger partial charge in [0.25, 0.3) is 0 Å². The van der Waals surface area contributed by atoms with Crippen molar-refractivity contribution in [3.63, 3.8) is 0 Å². The minimum Gasteiger partial charge on any atom is -0.481 e. The van der Waals surface area contributed by atoms with E-state index in [0.29, 0.717) is 11.7 Å². The number of ether oxygens (including phenoxy) is 1. The van der Waals surface area contributed by atoms with E-state index in [1.807, 2.05) is 47.8 Å². The quantitative estimate of drug-likeness (QED) is 0.796. The van der Waals surface area contributed by atoms with Crippen molar-refractivity contribution in [1.82, 2.24) is 14.4 Å². The highest BCUT2D eigenvalue weighted by atomic mass is 16.5. The first-order valence-corrected chi connectivity index (χ1v) is 6.55. The van der Waals surface area contributed by atoms with Crippen LogP contribution >= 0.6 is 0 Å². The average Bonchev–Trinajstić information content (AvgIpc) is 2.84.